The molecule has 2 amide bonds. The Bertz CT molecular complexity index is 813. The molecule has 0 radical (unpaired) electrons. The molecule has 2 rings (SSSR count). The average molecular weight is 484 g/mol. The van der Waals surface area contributed by atoms with E-state index in [1.54, 1.807) is 0 Å². The normalized spacial score (nSPS) is 31.2. The molecular weight excluding hydrogens is 465 g/mol. The van der Waals surface area contributed by atoms with E-state index in [0.29, 0.717) is 0 Å². The summed E-state index contributed by atoms with van der Waals surface area (Å²) in [5.41, 5.74) is 11.0. The second kappa shape index (κ2) is 8.42. The summed E-state index contributed by atoms with van der Waals surface area (Å²) in [6.07, 6.45) is -1.31. The van der Waals surface area contributed by atoms with Gasteiger partial charge >= 0.3 is 29.5 Å². The van der Waals surface area contributed by atoms with Gasteiger partial charge in [0, 0.05) is 12.6 Å². The Morgan fingerprint density at radius 2 is 1.83 bits per heavy atom. The first-order valence-corrected chi connectivity index (χ1v) is 12.0. The highest BCUT2D eigenvalue weighted by molar-refractivity contribution is 7.66. The first kappa shape index (κ1) is 24.5. The summed E-state index contributed by atoms with van der Waals surface area (Å²) < 4.78 is 50.3. The monoisotopic (exact) mass is 484 g/mol. The van der Waals surface area contributed by atoms with Crippen LogP contribution in [0.3, 0.4) is 0 Å². The van der Waals surface area contributed by atoms with E-state index in [4.69, 9.17) is 30.9 Å². The molecular formula is C9H19N4O13P3. The maximum Gasteiger partial charge on any atom is 0.490 e. The number of nitrogens with two attached hydrogens (primary N) is 2. The Kier molecular flexibility index (Phi) is 7.12. The highest BCUT2D eigenvalue weighted by Crippen LogP contribution is 2.66. The zero-order chi connectivity index (χ0) is 22.3. The fourth-order valence-corrected chi connectivity index (χ4v) is 5.33. The van der Waals surface area contributed by atoms with Crippen molar-refractivity contribution in [1.82, 2.24) is 10.2 Å². The van der Waals surface area contributed by atoms with Crippen molar-refractivity contribution in [2.24, 2.45) is 11.5 Å². The van der Waals surface area contributed by atoms with E-state index < -0.39 is 60.3 Å². The minimum atomic E-state index is -5.67. The molecule has 0 saturated carbocycles. The standard InChI is InChI=1S/C9H19N4O13P3/c10-9(11)1-2-13(8(15)12-9)7-3-5(14)6(24-7)4-23-28(19,20)26-29(21,22)25-27(16,17)18/h1-2,5-7,14H,3-4,10-11H2,(H,12,15)(H,19,20)(H,21,22)(H2,16,17,18)/t5-,6+,7+/m0/s1. The van der Waals surface area contributed by atoms with E-state index in [0.717, 1.165) is 4.90 Å². The van der Waals surface area contributed by atoms with Gasteiger partial charge in [-0.25, -0.2) is 18.5 Å². The predicted molar refractivity (Wildman–Crippen MR) is 89.7 cm³/mol. The summed E-state index contributed by atoms with van der Waals surface area (Å²) in [5.74, 6) is -1.58. The van der Waals surface area contributed by atoms with Crippen LogP contribution < -0.4 is 16.8 Å². The van der Waals surface area contributed by atoms with Gasteiger partial charge < -0.3 is 34.7 Å². The minimum Gasteiger partial charge on any atom is -0.390 e. The number of ether oxygens (including phenoxy) is 1. The summed E-state index contributed by atoms with van der Waals surface area (Å²) in [6, 6.07) is -0.747. The van der Waals surface area contributed by atoms with Crippen LogP contribution >= 0.6 is 23.5 Å². The number of urea groups is 1. The molecule has 2 unspecified atom stereocenters. The smallest absolute Gasteiger partial charge is 0.390 e. The molecule has 0 spiro atoms. The molecule has 10 N–H and O–H groups in total. The maximum absolute atomic E-state index is 12.0. The highest BCUT2D eigenvalue weighted by atomic mass is 31.3. The minimum absolute atomic E-state index is 0.148. The van der Waals surface area contributed by atoms with Crippen LogP contribution in [0.4, 0.5) is 4.79 Å². The van der Waals surface area contributed by atoms with Crippen LogP contribution in [-0.2, 0) is 31.6 Å². The SMILES string of the molecule is NC1(N)C=CN([C@H]2C[C@H](O)[C@@H](COP(=O)(O)OP(=O)(O)OP(=O)(O)O)O2)C(=O)N1. The van der Waals surface area contributed by atoms with Crippen LogP contribution in [0.1, 0.15) is 6.42 Å². The van der Waals surface area contributed by atoms with Crippen LogP contribution in [0.25, 0.3) is 0 Å². The molecule has 2 heterocycles. The van der Waals surface area contributed by atoms with Gasteiger partial charge in [0.2, 0.25) is 0 Å². The predicted octanol–water partition coefficient (Wildman–Crippen LogP) is -2.08. The van der Waals surface area contributed by atoms with Crippen LogP contribution in [0.5, 0.6) is 0 Å². The van der Waals surface area contributed by atoms with Gasteiger partial charge in [-0.3, -0.25) is 20.9 Å². The van der Waals surface area contributed by atoms with Gasteiger partial charge in [0.25, 0.3) is 0 Å². The van der Waals surface area contributed by atoms with Crippen molar-refractivity contribution in [2.45, 2.75) is 30.6 Å². The number of phosphoric acid groups is 3. The Labute approximate surface area is 162 Å². The third-order valence-corrected chi connectivity index (χ3v) is 7.20. The van der Waals surface area contributed by atoms with Crippen molar-refractivity contribution in [3.05, 3.63) is 12.3 Å². The van der Waals surface area contributed by atoms with E-state index in [1.165, 1.54) is 12.3 Å². The Morgan fingerprint density at radius 3 is 2.38 bits per heavy atom. The number of nitrogens with zero attached hydrogens (tertiary/aromatic N) is 1. The van der Waals surface area contributed by atoms with E-state index in [9.17, 15) is 28.5 Å². The molecule has 2 aliphatic rings. The maximum atomic E-state index is 12.0. The molecule has 0 aromatic rings. The van der Waals surface area contributed by atoms with Gasteiger partial charge in [-0.05, 0) is 6.08 Å². The van der Waals surface area contributed by atoms with Gasteiger partial charge in [0.05, 0.1) is 12.7 Å². The van der Waals surface area contributed by atoms with Crippen LogP contribution in [0.15, 0.2) is 12.3 Å². The number of rotatable bonds is 8. The highest BCUT2D eigenvalue weighted by Gasteiger charge is 2.44. The van der Waals surface area contributed by atoms with E-state index in [1.807, 2.05) is 0 Å². The van der Waals surface area contributed by atoms with Crippen LogP contribution in [0, 0.1) is 0 Å². The average Bonchev–Trinajstić information content (AvgIpc) is 2.81. The Hall–Kier alpha value is -0.740. The lowest BCUT2D eigenvalue weighted by Crippen LogP contribution is -2.66. The summed E-state index contributed by atoms with van der Waals surface area (Å²) in [7, 11) is -16.6. The zero-order valence-electron chi connectivity index (χ0n) is 14.2. The van der Waals surface area contributed by atoms with Crippen LogP contribution in [-0.4, -0.2) is 66.4 Å². The van der Waals surface area contributed by atoms with E-state index in [2.05, 4.69) is 18.5 Å². The summed E-state index contributed by atoms with van der Waals surface area (Å²) in [6.45, 7) is -0.863. The number of amides is 2. The number of carbonyl (C=O) groups excluding carboxylic acids is 1. The third-order valence-electron chi connectivity index (χ3n) is 3.40. The largest absolute Gasteiger partial charge is 0.490 e. The molecule has 29 heavy (non-hydrogen) atoms. The fourth-order valence-electron chi connectivity index (χ4n) is 2.30. The van der Waals surface area contributed by atoms with Crippen molar-refractivity contribution in [1.29, 1.82) is 0 Å². The fraction of sp³-hybridized carbons (Fsp3) is 0.667. The molecule has 1 saturated heterocycles. The molecule has 0 bridgehead atoms. The van der Waals surface area contributed by atoms with Crippen molar-refractivity contribution < 1.29 is 61.1 Å². The van der Waals surface area contributed by atoms with Crippen LogP contribution in [0.2, 0.25) is 0 Å². The van der Waals surface area contributed by atoms with Crippen molar-refractivity contribution in [3.63, 3.8) is 0 Å². The Morgan fingerprint density at radius 1 is 1.21 bits per heavy atom. The number of aliphatic hydroxyl groups is 1. The quantitative estimate of drug-likeness (QED) is 0.136. The molecule has 5 atom stereocenters. The third kappa shape index (κ3) is 7.47. The number of hydrogen-bond donors (Lipinski definition) is 8. The van der Waals surface area contributed by atoms with Crippen molar-refractivity contribution >= 4 is 29.5 Å². The van der Waals surface area contributed by atoms with Crippen molar-refractivity contribution in [2.75, 3.05) is 6.61 Å². The first-order valence-electron chi connectivity index (χ1n) is 7.48. The molecule has 168 valence electrons. The van der Waals surface area contributed by atoms with Gasteiger partial charge in [-0.1, -0.05) is 0 Å². The number of hydrogen-bond acceptors (Lipinski definition) is 11. The molecule has 0 aliphatic carbocycles. The molecule has 1 fully saturated rings. The van der Waals surface area contributed by atoms with E-state index in [-0.39, 0.29) is 6.42 Å². The summed E-state index contributed by atoms with van der Waals surface area (Å²) in [5, 5.41) is 12.2. The zero-order valence-corrected chi connectivity index (χ0v) is 16.9. The van der Waals surface area contributed by atoms with Gasteiger partial charge in [-0.15, -0.1) is 0 Å². The molecule has 0 aromatic heterocycles. The summed E-state index contributed by atoms with van der Waals surface area (Å²) >= 11 is 0. The number of carbonyl (C=O) groups is 1. The van der Waals surface area contributed by atoms with Gasteiger partial charge in [0.15, 0.2) is 5.79 Å². The second-order valence-electron chi connectivity index (χ2n) is 5.91. The first-order chi connectivity index (χ1) is 13.0. The van der Waals surface area contributed by atoms with Gasteiger partial charge in [-0.2, -0.15) is 8.62 Å². The summed E-state index contributed by atoms with van der Waals surface area (Å²) in [4.78, 5) is 48.3. The number of phosphoric ester groups is 1. The van der Waals surface area contributed by atoms with E-state index >= 15 is 0 Å². The second-order valence-corrected chi connectivity index (χ2v) is 10.3. The lowest BCUT2D eigenvalue weighted by atomic mass is 10.2. The lowest BCUT2D eigenvalue weighted by molar-refractivity contribution is -0.0539. The number of nitrogens with one attached hydrogen (secondary N) is 1. The molecule has 0 aromatic carbocycles. The number of aliphatic hydroxyl groups excluding tert-OH is 1. The van der Waals surface area contributed by atoms with Crippen molar-refractivity contribution in [3.8, 4) is 0 Å². The topological polar surface area (TPSA) is 274 Å². The lowest BCUT2D eigenvalue weighted by Gasteiger charge is -2.34. The molecule has 2 aliphatic heterocycles. The molecule has 17 nitrogen and oxygen atoms in total. The molecule has 20 heteroatoms. The van der Waals surface area contributed by atoms with Gasteiger partial charge in [0.1, 0.15) is 12.3 Å². The Balaban J connectivity index is 1.94.